The number of hydrogen-bond donors (Lipinski definition) is 9. The van der Waals surface area contributed by atoms with Crippen molar-refractivity contribution in [3.63, 3.8) is 0 Å². The molecule has 1 heterocycles. The molecule has 0 spiro atoms. The first-order valence-corrected chi connectivity index (χ1v) is 7.51. The second-order valence-electron chi connectivity index (χ2n) is 5.62. The Labute approximate surface area is 143 Å². The van der Waals surface area contributed by atoms with Crippen molar-refractivity contribution < 1.29 is 46.0 Å². The van der Waals surface area contributed by atoms with Gasteiger partial charge in [-0.2, -0.15) is 0 Å². The van der Waals surface area contributed by atoms with Crippen LogP contribution in [0.1, 0.15) is 17.5 Å². The van der Waals surface area contributed by atoms with Gasteiger partial charge in [-0.05, 0) is 0 Å². The monoisotopic (exact) mass is 364 g/mol. The zero-order valence-electron chi connectivity index (χ0n) is 13.2. The van der Waals surface area contributed by atoms with Crippen molar-refractivity contribution in [2.24, 2.45) is 0 Å². The average molecular weight is 364 g/mol. The number of rotatable bonds is 10. The van der Waals surface area contributed by atoms with Crippen LogP contribution in [-0.4, -0.2) is 106 Å². The smallest absolute Gasteiger partial charge is 0.126 e. The van der Waals surface area contributed by atoms with Crippen molar-refractivity contribution in [1.29, 1.82) is 0 Å². The van der Waals surface area contributed by atoms with Crippen LogP contribution >= 0.6 is 0 Å². The molecule has 0 saturated heterocycles. The summed E-state index contributed by atoms with van der Waals surface area (Å²) in [5.41, 5.74) is 0.0592. The van der Waals surface area contributed by atoms with Crippen LogP contribution in [-0.2, 0) is 6.42 Å². The maximum absolute atomic E-state index is 9.91. The van der Waals surface area contributed by atoms with Crippen LogP contribution in [0.5, 0.6) is 0 Å². The van der Waals surface area contributed by atoms with E-state index in [1.54, 1.807) is 0 Å². The molecule has 0 saturated carbocycles. The Balaban J connectivity index is 2.72. The summed E-state index contributed by atoms with van der Waals surface area (Å²) in [5, 5.41) is 84.5. The van der Waals surface area contributed by atoms with Gasteiger partial charge in [-0.25, -0.2) is 0 Å². The molecule has 0 fully saturated rings. The van der Waals surface area contributed by atoms with Crippen molar-refractivity contribution in [3.8, 4) is 0 Å². The van der Waals surface area contributed by atoms with Crippen LogP contribution in [0.4, 0.5) is 0 Å². The Morgan fingerprint density at radius 1 is 0.680 bits per heavy atom. The Morgan fingerprint density at radius 3 is 1.72 bits per heavy atom. The lowest BCUT2D eigenvalue weighted by Gasteiger charge is -2.25. The van der Waals surface area contributed by atoms with Crippen LogP contribution in [0.3, 0.4) is 0 Å². The van der Waals surface area contributed by atoms with Crippen molar-refractivity contribution in [3.05, 3.63) is 23.8 Å². The molecule has 0 radical (unpaired) electrons. The summed E-state index contributed by atoms with van der Waals surface area (Å²) in [6.07, 6.45) is -9.49. The van der Waals surface area contributed by atoms with Gasteiger partial charge in [0, 0.05) is 12.6 Å². The minimum atomic E-state index is -1.82. The van der Waals surface area contributed by atoms with E-state index in [9.17, 15) is 35.7 Å². The van der Waals surface area contributed by atoms with Crippen LogP contribution in [0.2, 0.25) is 0 Å². The summed E-state index contributed by atoms with van der Waals surface area (Å²) in [7, 11) is 0. The van der Waals surface area contributed by atoms with E-state index in [1.807, 2.05) is 0 Å². The number of nitrogens with zero attached hydrogens (tertiary/aromatic N) is 2. The van der Waals surface area contributed by atoms with Gasteiger partial charge in [0.05, 0.1) is 36.9 Å². The molecule has 11 heteroatoms. The largest absolute Gasteiger partial charge is 0.394 e. The molecule has 0 amide bonds. The quantitative estimate of drug-likeness (QED) is 0.192. The molecular formula is C14H24N2O9. The summed E-state index contributed by atoms with van der Waals surface area (Å²) < 4.78 is 0. The van der Waals surface area contributed by atoms with E-state index in [4.69, 9.17) is 10.2 Å². The SMILES string of the molecule is OC[C@@H](O)[C@@H](O)[C@H](O)Cc1cnc([C@@H](O)[C@@H](O)[C@H](O)[C@H](O)CO)cn1. The first kappa shape index (κ1) is 21.8. The van der Waals surface area contributed by atoms with Gasteiger partial charge >= 0.3 is 0 Å². The number of aromatic nitrogens is 2. The van der Waals surface area contributed by atoms with Gasteiger partial charge in [0.15, 0.2) is 0 Å². The molecule has 0 aliphatic rings. The van der Waals surface area contributed by atoms with Gasteiger partial charge < -0.3 is 46.0 Å². The molecule has 9 N–H and O–H groups in total. The van der Waals surface area contributed by atoms with Crippen molar-refractivity contribution >= 4 is 0 Å². The molecule has 1 aromatic rings. The zero-order chi connectivity index (χ0) is 19.1. The molecule has 144 valence electrons. The highest BCUT2D eigenvalue weighted by molar-refractivity contribution is 5.08. The first-order chi connectivity index (χ1) is 11.7. The lowest BCUT2D eigenvalue weighted by Crippen LogP contribution is -2.43. The predicted molar refractivity (Wildman–Crippen MR) is 80.9 cm³/mol. The van der Waals surface area contributed by atoms with E-state index in [0.717, 1.165) is 12.4 Å². The summed E-state index contributed by atoms with van der Waals surface area (Å²) in [6.45, 7) is -1.54. The van der Waals surface area contributed by atoms with Crippen molar-refractivity contribution in [2.45, 2.75) is 49.1 Å². The third-order valence-corrected chi connectivity index (χ3v) is 3.68. The molecule has 0 bridgehead atoms. The van der Waals surface area contributed by atoms with Gasteiger partial charge in [-0.3, -0.25) is 9.97 Å². The topological polar surface area (TPSA) is 208 Å². The maximum atomic E-state index is 9.91. The van der Waals surface area contributed by atoms with Gasteiger partial charge in [-0.1, -0.05) is 0 Å². The maximum Gasteiger partial charge on any atom is 0.126 e. The molecule has 11 nitrogen and oxygen atoms in total. The molecule has 0 aliphatic heterocycles. The van der Waals surface area contributed by atoms with E-state index in [2.05, 4.69) is 9.97 Å². The molecule has 0 aliphatic carbocycles. The van der Waals surface area contributed by atoms with Gasteiger partial charge in [0.1, 0.15) is 36.6 Å². The van der Waals surface area contributed by atoms with Crippen molar-refractivity contribution in [1.82, 2.24) is 9.97 Å². The molecular weight excluding hydrogens is 340 g/mol. The summed E-state index contributed by atoms with van der Waals surface area (Å²) >= 11 is 0. The fourth-order valence-electron chi connectivity index (χ4n) is 2.02. The van der Waals surface area contributed by atoms with E-state index < -0.39 is 55.9 Å². The Kier molecular flexibility index (Phi) is 8.71. The Hall–Kier alpha value is -1.28. The second kappa shape index (κ2) is 10.0. The summed E-state index contributed by atoms with van der Waals surface area (Å²) in [5.74, 6) is 0. The number of hydrogen-bond acceptors (Lipinski definition) is 11. The standard InChI is InChI=1S/C14H24N2O9/c17-4-9(20)12(23)8(19)1-6-2-16-7(3-15-6)11(22)14(25)13(24)10(21)5-18/h2-3,8-14,17-25H,1,4-5H2/t8-,9-,10-,11-,12+,13-,14-/m1/s1. The number of aliphatic hydroxyl groups is 9. The predicted octanol–water partition coefficient (Wildman–Crippen LogP) is -4.80. The van der Waals surface area contributed by atoms with Crippen molar-refractivity contribution in [2.75, 3.05) is 13.2 Å². The number of aliphatic hydroxyl groups excluding tert-OH is 9. The van der Waals surface area contributed by atoms with Crippen LogP contribution in [0, 0.1) is 0 Å². The third kappa shape index (κ3) is 5.88. The molecule has 0 aromatic carbocycles. The highest BCUT2D eigenvalue weighted by Crippen LogP contribution is 2.18. The molecule has 0 unspecified atom stereocenters. The molecule has 7 atom stereocenters. The van der Waals surface area contributed by atoms with E-state index in [-0.39, 0.29) is 17.8 Å². The van der Waals surface area contributed by atoms with Gasteiger partial charge in [0.2, 0.25) is 0 Å². The molecule has 25 heavy (non-hydrogen) atoms. The fraction of sp³-hybridized carbons (Fsp3) is 0.714. The lowest BCUT2D eigenvalue weighted by molar-refractivity contribution is -0.117. The van der Waals surface area contributed by atoms with Crippen LogP contribution in [0.15, 0.2) is 12.4 Å². The van der Waals surface area contributed by atoms with Gasteiger partial charge in [0.25, 0.3) is 0 Å². The van der Waals surface area contributed by atoms with Gasteiger partial charge in [-0.15, -0.1) is 0 Å². The summed E-state index contributed by atoms with van der Waals surface area (Å²) in [4.78, 5) is 7.68. The van der Waals surface area contributed by atoms with Crippen LogP contribution in [0.25, 0.3) is 0 Å². The zero-order valence-corrected chi connectivity index (χ0v) is 13.2. The Morgan fingerprint density at radius 2 is 1.24 bits per heavy atom. The lowest BCUT2D eigenvalue weighted by atomic mass is 10.0. The fourth-order valence-corrected chi connectivity index (χ4v) is 2.02. The highest BCUT2D eigenvalue weighted by Gasteiger charge is 2.32. The summed E-state index contributed by atoms with van der Waals surface area (Å²) in [6, 6.07) is 0. The molecule has 1 aromatic heterocycles. The highest BCUT2D eigenvalue weighted by atomic mass is 16.4. The first-order valence-electron chi connectivity index (χ1n) is 7.51. The third-order valence-electron chi connectivity index (χ3n) is 3.68. The van der Waals surface area contributed by atoms with E-state index >= 15 is 0 Å². The van der Waals surface area contributed by atoms with E-state index in [0.29, 0.717) is 0 Å². The minimum absolute atomic E-state index is 0.133. The Bertz CT molecular complexity index is 504. The minimum Gasteiger partial charge on any atom is -0.394 e. The normalized spacial score (nSPS) is 20.4. The average Bonchev–Trinajstić information content (AvgIpc) is 2.64. The second-order valence-corrected chi connectivity index (χ2v) is 5.62. The van der Waals surface area contributed by atoms with Crippen LogP contribution < -0.4 is 0 Å². The van der Waals surface area contributed by atoms with E-state index in [1.165, 1.54) is 0 Å². The molecule has 1 rings (SSSR count).